The van der Waals surface area contributed by atoms with Crippen molar-refractivity contribution in [2.24, 2.45) is 0 Å². The molecule has 0 atom stereocenters. The molecule has 0 aliphatic heterocycles. The molecule has 0 fully saturated rings. The first-order valence-electron chi connectivity index (χ1n) is 5.30. The van der Waals surface area contributed by atoms with E-state index in [1.165, 1.54) is 6.07 Å². The largest absolute Gasteiger partial charge is 0.378 e. The third kappa shape index (κ3) is 3.07. The molecule has 1 nitrogen and oxygen atoms in total. The van der Waals surface area contributed by atoms with Gasteiger partial charge in [0, 0.05) is 12.1 Å². The monoisotopic (exact) mass is 333 g/mol. The van der Waals surface area contributed by atoms with E-state index in [0.29, 0.717) is 0 Å². The lowest BCUT2D eigenvalue weighted by Crippen LogP contribution is -2.06. The molecular formula is C13H8BrF4N. The van der Waals surface area contributed by atoms with Crippen molar-refractivity contribution in [2.75, 3.05) is 5.32 Å². The Labute approximate surface area is 115 Å². The van der Waals surface area contributed by atoms with E-state index in [4.69, 9.17) is 0 Å². The summed E-state index contributed by atoms with van der Waals surface area (Å²) >= 11 is 2.93. The minimum atomic E-state index is -0.774. The lowest BCUT2D eigenvalue weighted by molar-refractivity contribution is 0.554. The molecular weight excluding hydrogens is 326 g/mol. The molecule has 0 saturated carbocycles. The first-order valence-corrected chi connectivity index (χ1v) is 6.09. The van der Waals surface area contributed by atoms with Crippen LogP contribution in [0.15, 0.2) is 34.8 Å². The summed E-state index contributed by atoms with van der Waals surface area (Å²) in [5, 5.41) is 2.46. The van der Waals surface area contributed by atoms with Crippen LogP contribution in [0.5, 0.6) is 0 Å². The Morgan fingerprint density at radius 3 is 2.37 bits per heavy atom. The standard InChI is InChI=1S/C13H8BrF4N/c14-9-2-4-10(16)8(13(9)18)6-19-12-5-7(15)1-3-11(12)17/h1-5,19H,6H2. The molecule has 1 N–H and O–H groups in total. The van der Waals surface area contributed by atoms with Gasteiger partial charge in [-0.2, -0.15) is 0 Å². The maximum absolute atomic E-state index is 13.7. The van der Waals surface area contributed by atoms with E-state index in [1.54, 1.807) is 0 Å². The Balaban J connectivity index is 2.24. The van der Waals surface area contributed by atoms with Gasteiger partial charge in [0.15, 0.2) is 0 Å². The maximum atomic E-state index is 13.7. The second-order valence-electron chi connectivity index (χ2n) is 3.80. The van der Waals surface area contributed by atoms with Gasteiger partial charge in [-0.3, -0.25) is 0 Å². The number of anilines is 1. The summed E-state index contributed by atoms with van der Waals surface area (Å²) in [4.78, 5) is 0. The summed E-state index contributed by atoms with van der Waals surface area (Å²) in [6.45, 7) is -0.294. The predicted octanol–water partition coefficient (Wildman–Crippen LogP) is 4.62. The molecule has 0 radical (unpaired) electrons. The van der Waals surface area contributed by atoms with Crippen molar-refractivity contribution in [1.82, 2.24) is 0 Å². The predicted molar refractivity (Wildman–Crippen MR) is 67.7 cm³/mol. The highest BCUT2D eigenvalue weighted by molar-refractivity contribution is 9.10. The minimum Gasteiger partial charge on any atom is -0.378 e. The van der Waals surface area contributed by atoms with Gasteiger partial charge in [0.25, 0.3) is 0 Å². The smallest absolute Gasteiger partial charge is 0.146 e. The van der Waals surface area contributed by atoms with E-state index in [-0.39, 0.29) is 22.3 Å². The molecule has 0 bridgehead atoms. The van der Waals surface area contributed by atoms with Crippen molar-refractivity contribution in [3.05, 3.63) is 63.6 Å². The second-order valence-corrected chi connectivity index (χ2v) is 4.65. The quantitative estimate of drug-likeness (QED) is 0.638. The van der Waals surface area contributed by atoms with E-state index in [1.807, 2.05) is 0 Å². The third-order valence-corrected chi connectivity index (χ3v) is 3.14. The van der Waals surface area contributed by atoms with Crippen molar-refractivity contribution in [3.63, 3.8) is 0 Å². The van der Waals surface area contributed by atoms with Crippen molar-refractivity contribution in [1.29, 1.82) is 0 Å². The molecule has 2 aromatic carbocycles. The molecule has 0 saturated heterocycles. The average Bonchev–Trinajstić information content (AvgIpc) is 2.38. The topological polar surface area (TPSA) is 12.0 Å². The van der Waals surface area contributed by atoms with Crippen LogP contribution >= 0.6 is 15.9 Å². The van der Waals surface area contributed by atoms with Crippen molar-refractivity contribution >= 4 is 21.6 Å². The van der Waals surface area contributed by atoms with E-state index < -0.39 is 23.3 Å². The van der Waals surface area contributed by atoms with Gasteiger partial charge in [-0.1, -0.05) is 0 Å². The van der Waals surface area contributed by atoms with Gasteiger partial charge < -0.3 is 5.32 Å². The zero-order valence-corrected chi connectivity index (χ0v) is 11.1. The highest BCUT2D eigenvalue weighted by Crippen LogP contribution is 2.23. The number of halogens is 5. The second kappa shape index (κ2) is 5.61. The molecule has 0 spiro atoms. The Morgan fingerprint density at radius 2 is 1.63 bits per heavy atom. The van der Waals surface area contributed by atoms with Crippen LogP contribution in [0.4, 0.5) is 23.2 Å². The fourth-order valence-electron chi connectivity index (χ4n) is 1.55. The molecule has 0 aliphatic carbocycles. The molecule has 2 rings (SSSR count). The SMILES string of the molecule is Fc1ccc(F)c(NCc2c(F)ccc(Br)c2F)c1. The number of nitrogens with one attached hydrogen (secondary N) is 1. The summed E-state index contributed by atoms with van der Waals surface area (Å²) in [7, 11) is 0. The fourth-order valence-corrected chi connectivity index (χ4v) is 1.92. The zero-order valence-electron chi connectivity index (χ0n) is 9.48. The summed E-state index contributed by atoms with van der Waals surface area (Å²) in [6.07, 6.45) is 0. The minimum absolute atomic E-state index is 0.102. The van der Waals surface area contributed by atoms with Crippen molar-refractivity contribution in [2.45, 2.75) is 6.54 Å². The van der Waals surface area contributed by atoms with Gasteiger partial charge in [-0.25, -0.2) is 17.6 Å². The maximum Gasteiger partial charge on any atom is 0.146 e. The Bertz CT molecular complexity index is 616. The first-order chi connectivity index (χ1) is 8.99. The van der Waals surface area contributed by atoms with Gasteiger partial charge in [0.1, 0.15) is 23.3 Å². The van der Waals surface area contributed by atoms with Gasteiger partial charge >= 0.3 is 0 Å². The molecule has 0 unspecified atom stereocenters. The molecule has 6 heteroatoms. The lowest BCUT2D eigenvalue weighted by atomic mass is 10.2. The number of hydrogen-bond acceptors (Lipinski definition) is 1. The van der Waals surface area contributed by atoms with Crippen LogP contribution in [0.1, 0.15) is 5.56 Å². The average molecular weight is 334 g/mol. The summed E-state index contributed by atoms with van der Waals surface area (Å²) in [5.41, 5.74) is -0.406. The van der Waals surface area contributed by atoms with Crippen LogP contribution in [0.2, 0.25) is 0 Å². The molecule has 0 heterocycles. The van der Waals surface area contributed by atoms with E-state index >= 15 is 0 Å². The van der Waals surface area contributed by atoms with Crippen molar-refractivity contribution < 1.29 is 17.6 Å². The van der Waals surface area contributed by atoms with Crippen LogP contribution in [0.25, 0.3) is 0 Å². The third-order valence-electron chi connectivity index (χ3n) is 2.52. The lowest BCUT2D eigenvalue weighted by Gasteiger charge is -2.10. The molecule has 0 aromatic heterocycles. The Kier molecular flexibility index (Phi) is 4.09. The summed E-state index contributed by atoms with van der Waals surface area (Å²) in [5.74, 6) is -2.87. The summed E-state index contributed by atoms with van der Waals surface area (Å²) < 4.78 is 53.5. The van der Waals surface area contributed by atoms with Gasteiger partial charge in [-0.05, 0) is 46.3 Å². The van der Waals surface area contributed by atoms with Crippen molar-refractivity contribution in [3.8, 4) is 0 Å². The van der Waals surface area contributed by atoms with E-state index in [0.717, 1.165) is 24.3 Å². The molecule has 0 aliphatic rings. The molecule has 0 amide bonds. The summed E-state index contributed by atoms with van der Waals surface area (Å²) in [6, 6.07) is 5.14. The van der Waals surface area contributed by atoms with Crippen LogP contribution < -0.4 is 5.32 Å². The zero-order chi connectivity index (χ0) is 14.0. The van der Waals surface area contributed by atoms with Gasteiger partial charge in [-0.15, -0.1) is 0 Å². The van der Waals surface area contributed by atoms with E-state index in [2.05, 4.69) is 21.2 Å². The van der Waals surface area contributed by atoms with E-state index in [9.17, 15) is 17.6 Å². The highest BCUT2D eigenvalue weighted by Gasteiger charge is 2.13. The Morgan fingerprint density at radius 1 is 0.947 bits per heavy atom. The molecule has 100 valence electrons. The van der Waals surface area contributed by atoms with Crippen LogP contribution in [-0.4, -0.2) is 0 Å². The van der Waals surface area contributed by atoms with Crippen LogP contribution in [-0.2, 0) is 6.54 Å². The number of hydrogen-bond donors (Lipinski definition) is 1. The van der Waals surface area contributed by atoms with Crippen LogP contribution in [0, 0.1) is 23.3 Å². The normalized spacial score (nSPS) is 10.6. The number of benzene rings is 2. The fraction of sp³-hybridized carbons (Fsp3) is 0.0769. The Hall–Kier alpha value is -1.56. The molecule has 2 aromatic rings. The first kappa shape index (κ1) is 13.9. The van der Waals surface area contributed by atoms with Gasteiger partial charge in [0.05, 0.1) is 10.2 Å². The highest BCUT2D eigenvalue weighted by atomic mass is 79.9. The van der Waals surface area contributed by atoms with Crippen LogP contribution in [0.3, 0.4) is 0 Å². The van der Waals surface area contributed by atoms with Gasteiger partial charge in [0.2, 0.25) is 0 Å². The molecule has 19 heavy (non-hydrogen) atoms. The number of rotatable bonds is 3.